The van der Waals surface area contributed by atoms with Gasteiger partial charge >= 0.3 is 6.18 Å². The molecule has 0 unspecified atom stereocenters. The summed E-state index contributed by atoms with van der Waals surface area (Å²) in [6, 6.07) is 0. The largest absolute Gasteiger partial charge is 0.448 e. The molecule has 0 bridgehead atoms. The molecule has 7 heteroatoms. The molecule has 0 spiro atoms. The Morgan fingerprint density at radius 3 is 2.38 bits per heavy atom. The van der Waals surface area contributed by atoms with Crippen LogP contribution >= 0.6 is 0 Å². The van der Waals surface area contributed by atoms with Crippen LogP contribution in [0.15, 0.2) is 58.5 Å². The van der Waals surface area contributed by atoms with Gasteiger partial charge < -0.3 is 4.74 Å². The number of rotatable bonds is 6. The molecule has 0 aliphatic carbocycles. The zero-order valence-electron chi connectivity index (χ0n) is 11.7. The Morgan fingerprint density at radius 2 is 1.86 bits per heavy atom. The predicted molar refractivity (Wildman–Crippen MR) is 75.9 cm³/mol. The number of alkyl halides is 3. The van der Waals surface area contributed by atoms with Crippen LogP contribution in [0.3, 0.4) is 0 Å². The minimum atomic E-state index is -4.46. The van der Waals surface area contributed by atoms with E-state index < -0.39 is 24.1 Å². The molecule has 0 N–H and O–H groups in total. The Hall–Kier alpha value is -2.18. The molecule has 0 aromatic rings. The van der Waals surface area contributed by atoms with Gasteiger partial charge in [-0.3, -0.25) is 4.99 Å². The first-order chi connectivity index (χ1) is 9.62. The lowest BCUT2D eigenvalue weighted by Gasteiger charge is -2.06. The molecule has 0 aromatic heterocycles. The Bertz CT molecular complexity index is 500. The Labute approximate surface area is 120 Å². The van der Waals surface area contributed by atoms with Crippen molar-refractivity contribution in [2.75, 3.05) is 6.54 Å². The number of hydrogen-bond acceptors (Lipinski definition) is 2. The van der Waals surface area contributed by atoms with Crippen molar-refractivity contribution in [2.45, 2.75) is 20.0 Å². The maximum Gasteiger partial charge on any atom is 0.413 e. The molecule has 0 saturated carbocycles. The lowest BCUT2D eigenvalue weighted by molar-refractivity contribution is -0.0917. The monoisotopic (exact) mass is 304 g/mol. The maximum atomic E-state index is 12.3. The summed E-state index contributed by atoms with van der Waals surface area (Å²) in [7, 11) is 0. The summed E-state index contributed by atoms with van der Waals surface area (Å²) in [5, 5.41) is 0. The van der Waals surface area contributed by atoms with E-state index in [1.165, 1.54) is 19.1 Å². The van der Waals surface area contributed by atoms with E-state index in [9.17, 15) is 17.6 Å². The predicted octanol–water partition coefficient (Wildman–Crippen LogP) is 4.51. The first kappa shape index (κ1) is 18.8. The second-order valence-corrected chi connectivity index (χ2v) is 3.89. The highest BCUT2D eigenvalue weighted by atomic mass is 19.4. The van der Waals surface area contributed by atoms with Crippen molar-refractivity contribution in [3.63, 3.8) is 0 Å². The van der Waals surface area contributed by atoms with Gasteiger partial charge in [0.15, 0.2) is 5.90 Å². The number of hydrogen-bond donors (Lipinski definition) is 0. The zero-order valence-corrected chi connectivity index (χ0v) is 11.7. The molecule has 0 saturated heterocycles. The van der Waals surface area contributed by atoms with E-state index in [2.05, 4.69) is 23.1 Å². The Balaban J connectivity index is 4.37. The van der Waals surface area contributed by atoms with Gasteiger partial charge in [-0.15, -0.1) is 0 Å². The highest BCUT2D eigenvalue weighted by Crippen LogP contribution is 2.23. The molecule has 0 heterocycles. The van der Waals surface area contributed by atoms with Crippen LogP contribution in [-0.4, -0.2) is 25.0 Å². The molecular formula is C14H16F4N2O. The van der Waals surface area contributed by atoms with Crippen molar-refractivity contribution in [3.8, 4) is 0 Å². The van der Waals surface area contributed by atoms with E-state index in [0.29, 0.717) is 5.76 Å². The minimum Gasteiger partial charge on any atom is -0.448 e. The number of halogens is 4. The molecule has 0 aliphatic rings. The fraction of sp³-hybridized carbons (Fsp3) is 0.286. The molecule has 0 radical (unpaired) electrons. The van der Waals surface area contributed by atoms with E-state index >= 15 is 0 Å². The molecule has 0 amide bonds. The summed E-state index contributed by atoms with van der Waals surface area (Å²) in [6.07, 6.45) is 0.514. The van der Waals surface area contributed by atoms with Gasteiger partial charge in [-0.05, 0) is 19.1 Å². The maximum absolute atomic E-state index is 12.3. The summed E-state index contributed by atoms with van der Waals surface area (Å²) in [6.45, 7) is 8.43. The van der Waals surface area contributed by atoms with Gasteiger partial charge in [-0.25, -0.2) is 9.38 Å². The van der Waals surface area contributed by atoms with Crippen LogP contribution in [0.2, 0.25) is 0 Å². The molecule has 0 aliphatic heterocycles. The topological polar surface area (TPSA) is 34.0 Å². The zero-order chi connectivity index (χ0) is 16.5. The van der Waals surface area contributed by atoms with Gasteiger partial charge in [0.2, 0.25) is 0 Å². The van der Waals surface area contributed by atoms with Crippen LogP contribution in [0.1, 0.15) is 13.8 Å². The van der Waals surface area contributed by atoms with Crippen LogP contribution in [0.4, 0.5) is 17.6 Å². The van der Waals surface area contributed by atoms with Crippen molar-refractivity contribution < 1.29 is 22.3 Å². The summed E-state index contributed by atoms with van der Waals surface area (Å²) in [5.41, 5.74) is -0.958. The van der Waals surface area contributed by atoms with Crippen molar-refractivity contribution >= 4 is 12.2 Å². The van der Waals surface area contributed by atoms with E-state index in [1.807, 2.05) is 0 Å². The van der Waals surface area contributed by atoms with Crippen molar-refractivity contribution in [1.82, 2.24) is 0 Å². The SMILES string of the molecule is C=C(F)/C=C\C=C(/C)O/C(C)=N/C=N\CC(=C)C(F)(F)F. The van der Waals surface area contributed by atoms with Gasteiger partial charge in [0.05, 0.1) is 6.54 Å². The fourth-order valence-electron chi connectivity index (χ4n) is 0.944. The quantitative estimate of drug-likeness (QED) is 0.177. The Morgan fingerprint density at radius 1 is 1.24 bits per heavy atom. The first-order valence-electron chi connectivity index (χ1n) is 5.78. The van der Waals surface area contributed by atoms with E-state index in [0.717, 1.165) is 12.4 Å². The van der Waals surface area contributed by atoms with Crippen molar-refractivity contribution in [3.05, 3.63) is 48.5 Å². The molecular weight excluding hydrogens is 288 g/mol. The highest BCUT2D eigenvalue weighted by molar-refractivity contribution is 5.82. The Kier molecular flexibility index (Phi) is 7.96. The average molecular weight is 304 g/mol. The standard InChI is InChI=1S/C14H16F4N2O/c1-10(14(16,17)18)8-19-9-20-13(4)21-12(3)7-5-6-11(2)15/h5-7,9H,1-2,8H2,3-4H3/b6-5-,12-7+,19-9-,20-13+. The summed E-state index contributed by atoms with van der Waals surface area (Å²) in [5.74, 6) is 0.000846. The number of nitrogens with zero attached hydrogens (tertiary/aromatic N) is 2. The number of allylic oxidation sites excluding steroid dienone is 5. The fourth-order valence-corrected chi connectivity index (χ4v) is 0.944. The van der Waals surface area contributed by atoms with Gasteiger partial charge in [0.1, 0.15) is 17.9 Å². The van der Waals surface area contributed by atoms with Crippen molar-refractivity contribution in [2.24, 2.45) is 9.98 Å². The molecule has 0 rings (SSSR count). The molecule has 21 heavy (non-hydrogen) atoms. The number of aliphatic imine (C=N–C) groups is 2. The van der Waals surface area contributed by atoms with Crippen LogP contribution in [-0.2, 0) is 4.74 Å². The third-order valence-corrected chi connectivity index (χ3v) is 1.92. The second-order valence-electron chi connectivity index (χ2n) is 3.89. The smallest absolute Gasteiger partial charge is 0.413 e. The van der Waals surface area contributed by atoms with E-state index in [1.54, 1.807) is 6.92 Å². The molecule has 3 nitrogen and oxygen atoms in total. The van der Waals surface area contributed by atoms with Crippen LogP contribution < -0.4 is 0 Å². The minimum absolute atomic E-state index is 0.178. The lowest BCUT2D eigenvalue weighted by atomic mass is 10.3. The van der Waals surface area contributed by atoms with Crippen LogP contribution in [0.25, 0.3) is 0 Å². The molecule has 0 aromatic carbocycles. The van der Waals surface area contributed by atoms with Gasteiger partial charge in [0.25, 0.3) is 0 Å². The molecule has 116 valence electrons. The van der Waals surface area contributed by atoms with Gasteiger partial charge in [-0.2, -0.15) is 13.2 Å². The summed E-state index contributed by atoms with van der Waals surface area (Å²) in [4.78, 5) is 7.16. The summed E-state index contributed by atoms with van der Waals surface area (Å²) < 4.78 is 53.8. The van der Waals surface area contributed by atoms with Crippen LogP contribution in [0.5, 0.6) is 0 Å². The molecule has 0 fully saturated rings. The normalized spacial score (nSPS) is 14.0. The average Bonchev–Trinajstić information content (AvgIpc) is 2.32. The van der Waals surface area contributed by atoms with Gasteiger partial charge in [-0.1, -0.05) is 19.2 Å². The van der Waals surface area contributed by atoms with Crippen molar-refractivity contribution in [1.29, 1.82) is 0 Å². The van der Waals surface area contributed by atoms with E-state index in [-0.39, 0.29) is 5.90 Å². The van der Waals surface area contributed by atoms with Crippen LogP contribution in [0, 0.1) is 0 Å². The lowest BCUT2D eigenvalue weighted by Crippen LogP contribution is -2.12. The number of ether oxygens (including phenoxy) is 1. The summed E-state index contributed by atoms with van der Waals surface area (Å²) >= 11 is 0. The first-order valence-corrected chi connectivity index (χ1v) is 5.78. The highest BCUT2D eigenvalue weighted by Gasteiger charge is 2.31. The molecule has 0 atom stereocenters. The van der Waals surface area contributed by atoms with Gasteiger partial charge in [0, 0.05) is 12.5 Å². The second kappa shape index (κ2) is 8.89. The third kappa shape index (κ3) is 10.3. The van der Waals surface area contributed by atoms with E-state index in [4.69, 9.17) is 4.74 Å². The third-order valence-electron chi connectivity index (χ3n) is 1.92.